The van der Waals surface area contributed by atoms with Crippen LogP contribution in [0.25, 0.3) is 0 Å². The minimum atomic E-state index is -0.674. The van der Waals surface area contributed by atoms with Gasteiger partial charge in [0.2, 0.25) is 0 Å². The van der Waals surface area contributed by atoms with Crippen molar-refractivity contribution >= 4 is 0 Å². The standard InChI is InChI=1S/C14H11F4N/c15-11-3-4-13(17)10(5-11)8-19-7-9-1-2-12(16)6-14(9)18/h1-6,19H,7-8H2. The van der Waals surface area contributed by atoms with E-state index in [-0.39, 0.29) is 24.2 Å². The van der Waals surface area contributed by atoms with Gasteiger partial charge >= 0.3 is 0 Å². The fraction of sp³-hybridized carbons (Fsp3) is 0.143. The predicted octanol–water partition coefficient (Wildman–Crippen LogP) is 3.53. The summed E-state index contributed by atoms with van der Waals surface area (Å²) >= 11 is 0. The lowest BCUT2D eigenvalue weighted by Gasteiger charge is -2.07. The van der Waals surface area contributed by atoms with E-state index in [4.69, 9.17) is 0 Å². The van der Waals surface area contributed by atoms with Crippen molar-refractivity contribution in [2.75, 3.05) is 0 Å². The molecule has 2 aromatic carbocycles. The van der Waals surface area contributed by atoms with Crippen molar-refractivity contribution in [2.45, 2.75) is 13.1 Å². The largest absolute Gasteiger partial charge is 0.308 e. The van der Waals surface area contributed by atoms with Gasteiger partial charge in [0, 0.05) is 30.3 Å². The van der Waals surface area contributed by atoms with E-state index < -0.39 is 23.3 Å². The zero-order valence-corrected chi connectivity index (χ0v) is 9.89. The van der Waals surface area contributed by atoms with Crippen LogP contribution in [0, 0.1) is 23.3 Å². The van der Waals surface area contributed by atoms with Crippen LogP contribution in [0.4, 0.5) is 17.6 Å². The molecule has 0 aromatic heterocycles. The molecule has 0 unspecified atom stereocenters. The van der Waals surface area contributed by atoms with Crippen molar-refractivity contribution in [3.63, 3.8) is 0 Å². The maximum atomic E-state index is 13.3. The Labute approximate surface area is 107 Å². The Morgan fingerprint density at radius 1 is 0.684 bits per heavy atom. The fourth-order valence-corrected chi connectivity index (χ4v) is 1.68. The summed E-state index contributed by atoms with van der Waals surface area (Å²) in [4.78, 5) is 0. The molecule has 0 radical (unpaired) electrons. The molecule has 100 valence electrons. The lowest BCUT2D eigenvalue weighted by Crippen LogP contribution is -2.15. The zero-order chi connectivity index (χ0) is 13.8. The first-order valence-electron chi connectivity index (χ1n) is 5.65. The summed E-state index contributed by atoms with van der Waals surface area (Å²) in [5, 5.41) is 2.78. The monoisotopic (exact) mass is 269 g/mol. The second-order valence-electron chi connectivity index (χ2n) is 4.08. The van der Waals surface area contributed by atoms with E-state index in [1.165, 1.54) is 6.07 Å². The highest BCUT2D eigenvalue weighted by Gasteiger charge is 2.06. The van der Waals surface area contributed by atoms with Gasteiger partial charge < -0.3 is 5.32 Å². The molecule has 0 heterocycles. The summed E-state index contributed by atoms with van der Waals surface area (Å²) < 4.78 is 52.2. The number of nitrogens with one attached hydrogen (secondary N) is 1. The second-order valence-corrected chi connectivity index (χ2v) is 4.08. The predicted molar refractivity (Wildman–Crippen MR) is 63.3 cm³/mol. The first-order chi connectivity index (χ1) is 9.06. The third-order valence-corrected chi connectivity index (χ3v) is 2.65. The maximum absolute atomic E-state index is 13.3. The van der Waals surface area contributed by atoms with Gasteiger partial charge in [0.15, 0.2) is 0 Å². The van der Waals surface area contributed by atoms with Gasteiger partial charge in [0.05, 0.1) is 0 Å². The zero-order valence-electron chi connectivity index (χ0n) is 9.89. The normalized spacial score (nSPS) is 10.7. The van der Waals surface area contributed by atoms with Crippen molar-refractivity contribution in [2.24, 2.45) is 0 Å². The van der Waals surface area contributed by atoms with E-state index >= 15 is 0 Å². The molecular weight excluding hydrogens is 258 g/mol. The van der Waals surface area contributed by atoms with Crippen LogP contribution in [0.3, 0.4) is 0 Å². The summed E-state index contributed by atoms with van der Waals surface area (Å²) in [5.41, 5.74) is 0.417. The molecule has 2 rings (SSSR count). The minimum absolute atomic E-state index is 0.0560. The Morgan fingerprint density at radius 2 is 1.32 bits per heavy atom. The summed E-state index contributed by atoms with van der Waals surface area (Å²) in [6, 6.07) is 6.36. The highest BCUT2D eigenvalue weighted by molar-refractivity contribution is 5.20. The van der Waals surface area contributed by atoms with Crippen molar-refractivity contribution in [1.29, 1.82) is 0 Å². The average molecular weight is 269 g/mol. The van der Waals surface area contributed by atoms with Gasteiger partial charge in [-0.1, -0.05) is 6.07 Å². The van der Waals surface area contributed by atoms with Gasteiger partial charge in [0.25, 0.3) is 0 Å². The van der Waals surface area contributed by atoms with Gasteiger partial charge in [-0.15, -0.1) is 0 Å². The molecule has 0 saturated carbocycles. The van der Waals surface area contributed by atoms with Crippen molar-refractivity contribution in [3.05, 3.63) is 70.8 Å². The van der Waals surface area contributed by atoms with Gasteiger partial charge in [-0.3, -0.25) is 0 Å². The Bertz CT molecular complexity index is 584. The fourth-order valence-electron chi connectivity index (χ4n) is 1.68. The molecular formula is C14H11F4N. The molecule has 0 saturated heterocycles. The van der Waals surface area contributed by atoms with Crippen LogP contribution >= 0.6 is 0 Å². The van der Waals surface area contributed by atoms with Gasteiger partial charge in [-0.05, 0) is 24.3 Å². The summed E-state index contributed by atoms with van der Waals surface area (Å²) in [5.74, 6) is -2.40. The van der Waals surface area contributed by atoms with Crippen molar-refractivity contribution in [3.8, 4) is 0 Å². The average Bonchev–Trinajstić information content (AvgIpc) is 2.36. The number of benzene rings is 2. The molecule has 0 bridgehead atoms. The Balaban J connectivity index is 1.98. The number of rotatable bonds is 4. The third-order valence-electron chi connectivity index (χ3n) is 2.65. The van der Waals surface area contributed by atoms with Crippen LogP contribution in [-0.4, -0.2) is 0 Å². The van der Waals surface area contributed by atoms with Crippen LogP contribution in [0.1, 0.15) is 11.1 Å². The lowest BCUT2D eigenvalue weighted by atomic mass is 10.2. The van der Waals surface area contributed by atoms with E-state index in [0.717, 1.165) is 30.3 Å². The molecule has 5 heteroatoms. The Hall–Kier alpha value is -1.88. The molecule has 2 aromatic rings. The topological polar surface area (TPSA) is 12.0 Å². The maximum Gasteiger partial charge on any atom is 0.130 e. The summed E-state index contributed by atoms with van der Waals surface area (Å²) in [6.07, 6.45) is 0. The van der Waals surface area contributed by atoms with E-state index in [0.29, 0.717) is 0 Å². The molecule has 19 heavy (non-hydrogen) atoms. The molecule has 0 fully saturated rings. The molecule has 0 aliphatic rings. The second kappa shape index (κ2) is 5.84. The smallest absolute Gasteiger partial charge is 0.130 e. The Kier molecular flexibility index (Phi) is 4.16. The summed E-state index contributed by atoms with van der Waals surface area (Å²) in [7, 11) is 0. The first-order valence-corrected chi connectivity index (χ1v) is 5.65. The summed E-state index contributed by atoms with van der Waals surface area (Å²) in [6.45, 7) is 0.155. The number of hydrogen-bond donors (Lipinski definition) is 1. The van der Waals surface area contributed by atoms with Crippen LogP contribution in [-0.2, 0) is 13.1 Å². The molecule has 1 N–H and O–H groups in total. The molecule has 0 atom stereocenters. The quantitative estimate of drug-likeness (QED) is 0.837. The van der Waals surface area contributed by atoms with E-state index in [1.54, 1.807) is 0 Å². The van der Waals surface area contributed by atoms with Gasteiger partial charge in [-0.25, -0.2) is 17.6 Å². The van der Waals surface area contributed by atoms with E-state index in [1.807, 2.05) is 0 Å². The van der Waals surface area contributed by atoms with Crippen LogP contribution in [0.5, 0.6) is 0 Å². The SMILES string of the molecule is Fc1ccc(CNCc2cc(F)ccc2F)c(F)c1. The number of halogens is 4. The minimum Gasteiger partial charge on any atom is -0.308 e. The van der Waals surface area contributed by atoms with Crippen molar-refractivity contribution in [1.82, 2.24) is 5.32 Å². The highest BCUT2D eigenvalue weighted by Crippen LogP contribution is 2.11. The highest BCUT2D eigenvalue weighted by atomic mass is 19.1. The van der Waals surface area contributed by atoms with Crippen molar-refractivity contribution < 1.29 is 17.6 Å². The molecule has 0 amide bonds. The lowest BCUT2D eigenvalue weighted by molar-refractivity contribution is 0.548. The number of hydrogen-bond acceptors (Lipinski definition) is 1. The van der Waals surface area contributed by atoms with Crippen LogP contribution < -0.4 is 5.32 Å². The first kappa shape index (κ1) is 13.5. The molecule has 0 aliphatic carbocycles. The molecule has 0 aliphatic heterocycles. The van der Waals surface area contributed by atoms with E-state index in [2.05, 4.69) is 5.32 Å². The molecule has 0 spiro atoms. The van der Waals surface area contributed by atoms with Crippen LogP contribution in [0.15, 0.2) is 36.4 Å². The van der Waals surface area contributed by atoms with Gasteiger partial charge in [0.1, 0.15) is 23.3 Å². The Morgan fingerprint density at radius 3 is 2.05 bits per heavy atom. The third kappa shape index (κ3) is 3.54. The van der Waals surface area contributed by atoms with Gasteiger partial charge in [-0.2, -0.15) is 0 Å². The molecule has 1 nitrogen and oxygen atoms in total. The van der Waals surface area contributed by atoms with Crippen LogP contribution in [0.2, 0.25) is 0 Å². The van der Waals surface area contributed by atoms with E-state index in [9.17, 15) is 17.6 Å².